The van der Waals surface area contributed by atoms with Crippen LogP contribution in [-0.2, 0) is 10.8 Å². The number of aromatic amines is 1. The van der Waals surface area contributed by atoms with E-state index in [0.717, 1.165) is 0 Å². The van der Waals surface area contributed by atoms with Gasteiger partial charge in [0.05, 0.1) is 11.0 Å². The van der Waals surface area contributed by atoms with E-state index in [2.05, 4.69) is 116 Å². The SMILES string of the molecule is CC1(C)CCC(C)(C)c2cc3c(cc21)[nH]c1cc2c(cc13)c1ccccc1n2-c1ccccc1. The number of nitrogens with zero attached hydrogens (tertiary/aromatic N) is 1. The number of rotatable bonds is 1. The summed E-state index contributed by atoms with van der Waals surface area (Å²) >= 11 is 0. The second-order valence-electron chi connectivity index (χ2n) is 11.4. The Hall–Kier alpha value is -3.52. The number of H-pyrrole nitrogens is 1. The third kappa shape index (κ3) is 2.63. The van der Waals surface area contributed by atoms with Gasteiger partial charge < -0.3 is 9.55 Å². The van der Waals surface area contributed by atoms with Crippen molar-refractivity contribution in [1.29, 1.82) is 0 Å². The van der Waals surface area contributed by atoms with Crippen LogP contribution in [0.1, 0.15) is 51.7 Å². The number of nitrogens with one attached hydrogen (secondary N) is 1. The first-order valence-electron chi connectivity index (χ1n) is 12.4. The number of aromatic nitrogens is 2. The zero-order chi connectivity index (χ0) is 23.2. The van der Waals surface area contributed by atoms with Gasteiger partial charge in [-0.15, -0.1) is 0 Å². The average Bonchev–Trinajstić information content (AvgIpc) is 3.35. The smallest absolute Gasteiger partial charge is 0.0562 e. The summed E-state index contributed by atoms with van der Waals surface area (Å²) in [6, 6.07) is 29.2. The van der Waals surface area contributed by atoms with Crippen molar-refractivity contribution in [2.24, 2.45) is 0 Å². The van der Waals surface area contributed by atoms with Gasteiger partial charge in [-0.05, 0) is 77.3 Å². The van der Waals surface area contributed by atoms with Gasteiger partial charge in [-0.2, -0.15) is 0 Å². The van der Waals surface area contributed by atoms with Crippen molar-refractivity contribution in [3.8, 4) is 5.69 Å². The normalized spacial score (nSPS) is 17.1. The van der Waals surface area contributed by atoms with Gasteiger partial charge in [0.15, 0.2) is 0 Å². The van der Waals surface area contributed by atoms with Gasteiger partial charge in [-0.25, -0.2) is 0 Å². The summed E-state index contributed by atoms with van der Waals surface area (Å²) < 4.78 is 2.40. The summed E-state index contributed by atoms with van der Waals surface area (Å²) in [6.07, 6.45) is 2.46. The fraction of sp³-hybridized carbons (Fsp3) is 0.250. The van der Waals surface area contributed by atoms with Crippen molar-refractivity contribution in [3.63, 3.8) is 0 Å². The molecule has 2 aromatic heterocycles. The lowest BCUT2D eigenvalue weighted by atomic mass is 9.63. The van der Waals surface area contributed by atoms with Crippen molar-refractivity contribution in [1.82, 2.24) is 9.55 Å². The quantitative estimate of drug-likeness (QED) is 0.263. The topological polar surface area (TPSA) is 20.7 Å². The van der Waals surface area contributed by atoms with E-state index in [-0.39, 0.29) is 10.8 Å². The van der Waals surface area contributed by atoms with Gasteiger partial charge in [-0.1, -0.05) is 64.1 Å². The molecule has 1 N–H and O–H groups in total. The summed E-state index contributed by atoms with van der Waals surface area (Å²) in [5.41, 5.74) is 9.59. The molecule has 7 rings (SSSR count). The molecule has 0 saturated carbocycles. The maximum atomic E-state index is 3.80. The molecule has 2 heteroatoms. The van der Waals surface area contributed by atoms with E-state index >= 15 is 0 Å². The maximum absolute atomic E-state index is 3.80. The molecule has 4 aromatic carbocycles. The highest BCUT2D eigenvalue weighted by Crippen LogP contribution is 2.48. The molecule has 0 saturated heterocycles. The highest BCUT2D eigenvalue weighted by atomic mass is 15.0. The van der Waals surface area contributed by atoms with Gasteiger partial charge in [0, 0.05) is 38.3 Å². The first kappa shape index (κ1) is 19.9. The van der Waals surface area contributed by atoms with Crippen LogP contribution in [0.3, 0.4) is 0 Å². The van der Waals surface area contributed by atoms with E-state index in [1.165, 1.54) is 73.3 Å². The zero-order valence-electron chi connectivity index (χ0n) is 20.4. The Morgan fingerprint density at radius 3 is 1.97 bits per heavy atom. The van der Waals surface area contributed by atoms with Crippen LogP contribution in [0.15, 0.2) is 78.9 Å². The molecule has 0 spiro atoms. The molecule has 0 fully saturated rings. The molecule has 0 aliphatic heterocycles. The van der Waals surface area contributed by atoms with Gasteiger partial charge in [-0.3, -0.25) is 0 Å². The van der Waals surface area contributed by atoms with Crippen molar-refractivity contribution in [2.75, 3.05) is 0 Å². The molecule has 2 nitrogen and oxygen atoms in total. The molecule has 0 amide bonds. The first-order valence-corrected chi connectivity index (χ1v) is 12.4. The molecule has 1 aliphatic rings. The summed E-state index contributed by atoms with van der Waals surface area (Å²) in [5.74, 6) is 0. The van der Waals surface area contributed by atoms with Crippen molar-refractivity contribution in [3.05, 3.63) is 90.0 Å². The fourth-order valence-corrected chi connectivity index (χ4v) is 6.28. The Kier molecular flexibility index (Phi) is 3.83. The molecule has 1 aliphatic carbocycles. The zero-order valence-corrected chi connectivity index (χ0v) is 20.4. The van der Waals surface area contributed by atoms with Crippen LogP contribution in [0.5, 0.6) is 0 Å². The van der Waals surface area contributed by atoms with E-state index in [1.807, 2.05) is 0 Å². The summed E-state index contributed by atoms with van der Waals surface area (Å²) in [6.45, 7) is 9.62. The number of fused-ring (bicyclic) bond motifs is 7. The first-order chi connectivity index (χ1) is 16.3. The van der Waals surface area contributed by atoms with Gasteiger partial charge in [0.2, 0.25) is 0 Å². The van der Waals surface area contributed by atoms with Crippen LogP contribution in [0.25, 0.3) is 49.3 Å². The lowest BCUT2D eigenvalue weighted by molar-refractivity contribution is 0.332. The molecule has 0 unspecified atom stereocenters. The second kappa shape index (κ2) is 6.54. The van der Waals surface area contributed by atoms with E-state index in [9.17, 15) is 0 Å². The van der Waals surface area contributed by atoms with Crippen LogP contribution in [-0.4, -0.2) is 9.55 Å². The lowest BCUT2D eigenvalue weighted by Gasteiger charge is -2.41. The monoisotopic (exact) mass is 442 g/mol. The van der Waals surface area contributed by atoms with E-state index in [0.29, 0.717) is 0 Å². The number of hydrogen-bond acceptors (Lipinski definition) is 0. The number of para-hydroxylation sites is 2. The van der Waals surface area contributed by atoms with Crippen LogP contribution >= 0.6 is 0 Å². The van der Waals surface area contributed by atoms with E-state index in [1.54, 1.807) is 0 Å². The highest BCUT2D eigenvalue weighted by molar-refractivity contribution is 6.18. The highest BCUT2D eigenvalue weighted by Gasteiger charge is 2.37. The summed E-state index contributed by atoms with van der Waals surface area (Å²) in [4.78, 5) is 3.80. The van der Waals surface area contributed by atoms with Crippen molar-refractivity contribution in [2.45, 2.75) is 51.4 Å². The molecule has 2 heterocycles. The van der Waals surface area contributed by atoms with E-state index < -0.39 is 0 Å². The number of benzene rings is 4. The molecular weight excluding hydrogens is 412 g/mol. The lowest BCUT2D eigenvalue weighted by Crippen LogP contribution is -2.33. The largest absolute Gasteiger partial charge is 0.354 e. The third-order valence-corrected chi connectivity index (χ3v) is 8.38. The molecular formula is C32H30N2. The molecule has 0 bridgehead atoms. The third-order valence-electron chi connectivity index (χ3n) is 8.38. The fourth-order valence-electron chi connectivity index (χ4n) is 6.28. The van der Waals surface area contributed by atoms with Gasteiger partial charge >= 0.3 is 0 Å². The Balaban J connectivity index is 1.60. The predicted molar refractivity (Wildman–Crippen MR) is 145 cm³/mol. The molecule has 0 radical (unpaired) electrons. The summed E-state index contributed by atoms with van der Waals surface area (Å²) in [5, 5.41) is 5.28. The average molecular weight is 443 g/mol. The Labute approximate surface area is 200 Å². The minimum Gasteiger partial charge on any atom is -0.354 e. The van der Waals surface area contributed by atoms with Crippen LogP contribution < -0.4 is 0 Å². The van der Waals surface area contributed by atoms with Crippen LogP contribution in [0, 0.1) is 0 Å². The molecule has 0 atom stereocenters. The summed E-state index contributed by atoms with van der Waals surface area (Å²) in [7, 11) is 0. The maximum Gasteiger partial charge on any atom is 0.0562 e. The second-order valence-corrected chi connectivity index (χ2v) is 11.4. The minimum absolute atomic E-state index is 0.204. The Morgan fingerprint density at radius 2 is 1.21 bits per heavy atom. The van der Waals surface area contributed by atoms with E-state index in [4.69, 9.17) is 0 Å². The van der Waals surface area contributed by atoms with Crippen LogP contribution in [0.4, 0.5) is 0 Å². The molecule has 168 valence electrons. The minimum atomic E-state index is 0.204. The molecule has 6 aromatic rings. The van der Waals surface area contributed by atoms with Crippen molar-refractivity contribution < 1.29 is 0 Å². The molecule has 34 heavy (non-hydrogen) atoms. The number of hydrogen-bond donors (Lipinski definition) is 1. The van der Waals surface area contributed by atoms with Gasteiger partial charge in [0.1, 0.15) is 0 Å². The Morgan fingerprint density at radius 1 is 0.588 bits per heavy atom. The standard InChI is InChI=1S/C32H30N2/c1-31(2)14-15-32(3,4)26-18-27-23(17-25(26)31)22-16-24-21-12-8-9-13-29(21)34(20-10-6-5-7-11-20)30(24)19-28(22)33-27/h5-13,16-19,33H,14-15H2,1-4H3. The van der Waals surface area contributed by atoms with Crippen LogP contribution in [0.2, 0.25) is 0 Å². The van der Waals surface area contributed by atoms with Gasteiger partial charge in [0.25, 0.3) is 0 Å². The predicted octanol–water partition coefficient (Wildman–Crippen LogP) is 8.77. The van der Waals surface area contributed by atoms with Crippen molar-refractivity contribution >= 4 is 43.6 Å². The Bertz CT molecular complexity index is 1740.